The van der Waals surface area contributed by atoms with Crippen LogP contribution in [0.2, 0.25) is 0 Å². The number of rotatable bonds is 8. The Bertz CT molecular complexity index is 623. The van der Waals surface area contributed by atoms with E-state index in [1.165, 1.54) is 12.0 Å². The van der Waals surface area contributed by atoms with Crippen LogP contribution in [0.5, 0.6) is 5.75 Å². The number of benzene rings is 1. The second kappa shape index (κ2) is 10.7. The normalized spacial score (nSPS) is 26.9. The summed E-state index contributed by atoms with van der Waals surface area (Å²) >= 11 is 0. The van der Waals surface area contributed by atoms with Gasteiger partial charge in [-0.15, -0.1) is 0 Å². The molecule has 0 amide bonds. The molecule has 2 atom stereocenters. The minimum absolute atomic E-state index is 0.496. The molecule has 3 aliphatic heterocycles. The highest BCUT2D eigenvalue weighted by Gasteiger charge is 2.31. The maximum Gasteiger partial charge on any atom is 0.123 e. The SMILES string of the molecule is CN1C[C@H]2COC[C@@H]1CN(Cc1ccccc1OCCCCN1CCOCC1)C2. The van der Waals surface area contributed by atoms with E-state index >= 15 is 0 Å². The number of ether oxygens (including phenoxy) is 3. The maximum atomic E-state index is 6.21. The summed E-state index contributed by atoms with van der Waals surface area (Å²) in [5.74, 6) is 1.65. The van der Waals surface area contributed by atoms with E-state index in [0.717, 1.165) is 91.0 Å². The van der Waals surface area contributed by atoms with Gasteiger partial charge in [-0.05, 0) is 32.5 Å². The largest absolute Gasteiger partial charge is 0.493 e. The molecule has 29 heavy (non-hydrogen) atoms. The number of para-hydroxylation sites is 1. The average molecular weight is 404 g/mol. The van der Waals surface area contributed by atoms with Gasteiger partial charge < -0.3 is 14.2 Å². The number of nitrogens with zero attached hydrogens (tertiary/aromatic N) is 3. The van der Waals surface area contributed by atoms with Crippen molar-refractivity contribution in [2.24, 2.45) is 5.92 Å². The second-order valence-electron chi connectivity index (χ2n) is 8.81. The lowest BCUT2D eigenvalue weighted by molar-refractivity contribution is 0.0367. The third kappa shape index (κ3) is 6.15. The lowest BCUT2D eigenvalue weighted by Gasteiger charge is -2.30. The summed E-state index contributed by atoms with van der Waals surface area (Å²) in [6, 6.07) is 9.07. The van der Waals surface area contributed by atoms with Crippen LogP contribution in [0.15, 0.2) is 24.3 Å². The zero-order valence-electron chi connectivity index (χ0n) is 17.9. The molecule has 0 unspecified atom stereocenters. The van der Waals surface area contributed by atoms with Crippen molar-refractivity contribution in [1.82, 2.24) is 14.7 Å². The molecule has 2 bridgehead atoms. The van der Waals surface area contributed by atoms with Gasteiger partial charge in [-0.3, -0.25) is 14.7 Å². The van der Waals surface area contributed by atoms with E-state index in [2.05, 4.69) is 46.0 Å². The molecule has 0 aliphatic carbocycles. The summed E-state index contributed by atoms with van der Waals surface area (Å²) in [5, 5.41) is 0. The van der Waals surface area contributed by atoms with Crippen molar-refractivity contribution in [3.05, 3.63) is 29.8 Å². The lowest BCUT2D eigenvalue weighted by atomic mass is 10.1. The Hall–Kier alpha value is -1.18. The third-order valence-electron chi connectivity index (χ3n) is 6.42. The first-order chi connectivity index (χ1) is 14.3. The summed E-state index contributed by atoms with van der Waals surface area (Å²) in [5.41, 5.74) is 1.31. The van der Waals surface area contributed by atoms with Gasteiger partial charge in [-0.2, -0.15) is 0 Å². The minimum Gasteiger partial charge on any atom is -0.493 e. The van der Waals surface area contributed by atoms with Crippen molar-refractivity contribution in [2.75, 3.05) is 79.4 Å². The Morgan fingerprint density at radius 1 is 0.966 bits per heavy atom. The molecule has 162 valence electrons. The van der Waals surface area contributed by atoms with Crippen LogP contribution >= 0.6 is 0 Å². The Morgan fingerprint density at radius 2 is 1.83 bits per heavy atom. The fraction of sp³-hybridized carbons (Fsp3) is 0.739. The Labute approximate surface area is 175 Å². The molecular formula is C23H37N3O3. The fourth-order valence-corrected chi connectivity index (χ4v) is 4.74. The summed E-state index contributed by atoms with van der Waals surface area (Å²) < 4.78 is 17.5. The van der Waals surface area contributed by atoms with E-state index < -0.39 is 0 Å². The van der Waals surface area contributed by atoms with Crippen molar-refractivity contribution < 1.29 is 14.2 Å². The third-order valence-corrected chi connectivity index (χ3v) is 6.42. The second-order valence-corrected chi connectivity index (χ2v) is 8.81. The molecule has 0 saturated carbocycles. The van der Waals surface area contributed by atoms with Crippen molar-refractivity contribution in [1.29, 1.82) is 0 Å². The van der Waals surface area contributed by atoms with Crippen LogP contribution in [0.3, 0.4) is 0 Å². The molecule has 3 fully saturated rings. The summed E-state index contributed by atoms with van der Waals surface area (Å²) in [4.78, 5) is 7.57. The standard InChI is InChI=1S/C23H37N3O3/c1-24-14-20-15-26(17-22(24)19-28-18-20)16-21-6-2-3-7-23(21)29-11-5-4-8-25-9-12-27-13-10-25/h2-3,6-7,20,22H,4-5,8-19H2,1H3/t20-,22+/m1/s1. The first-order valence-electron chi connectivity index (χ1n) is 11.3. The molecular weight excluding hydrogens is 366 g/mol. The van der Waals surface area contributed by atoms with Crippen LogP contribution in [-0.2, 0) is 16.0 Å². The first kappa shape index (κ1) is 21.1. The van der Waals surface area contributed by atoms with Crippen LogP contribution < -0.4 is 4.74 Å². The van der Waals surface area contributed by atoms with Gasteiger partial charge in [-0.1, -0.05) is 18.2 Å². The number of hydrogen-bond donors (Lipinski definition) is 0. The molecule has 6 heteroatoms. The van der Waals surface area contributed by atoms with Gasteiger partial charge in [-0.25, -0.2) is 0 Å². The van der Waals surface area contributed by atoms with E-state index in [4.69, 9.17) is 14.2 Å². The van der Waals surface area contributed by atoms with Gasteiger partial charge in [0.2, 0.25) is 0 Å². The molecule has 0 N–H and O–H groups in total. The molecule has 3 saturated heterocycles. The number of unbranched alkanes of at least 4 members (excludes halogenated alkanes) is 1. The number of hydrogen-bond acceptors (Lipinski definition) is 6. The van der Waals surface area contributed by atoms with Crippen LogP contribution in [-0.4, -0.2) is 100 Å². The Kier molecular flexibility index (Phi) is 7.80. The molecule has 1 aromatic rings. The average Bonchev–Trinajstić information content (AvgIpc) is 2.98. The summed E-state index contributed by atoms with van der Waals surface area (Å²) in [7, 11) is 2.24. The predicted octanol–water partition coefficient (Wildman–Crippen LogP) is 1.94. The van der Waals surface area contributed by atoms with Crippen LogP contribution in [0.4, 0.5) is 0 Å². The highest BCUT2D eigenvalue weighted by molar-refractivity contribution is 5.33. The van der Waals surface area contributed by atoms with Gasteiger partial charge in [0.05, 0.1) is 33.0 Å². The van der Waals surface area contributed by atoms with Gasteiger partial charge in [0, 0.05) is 56.8 Å². The van der Waals surface area contributed by atoms with Crippen molar-refractivity contribution >= 4 is 0 Å². The molecule has 3 heterocycles. The molecule has 0 aromatic heterocycles. The van der Waals surface area contributed by atoms with E-state index in [1.54, 1.807) is 0 Å². The van der Waals surface area contributed by atoms with E-state index in [0.29, 0.717) is 12.0 Å². The molecule has 6 nitrogen and oxygen atoms in total. The molecule has 4 rings (SSSR count). The van der Waals surface area contributed by atoms with Gasteiger partial charge in [0.15, 0.2) is 0 Å². The highest BCUT2D eigenvalue weighted by atomic mass is 16.5. The van der Waals surface area contributed by atoms with E-state index in [-0.39, 0.29) is 0 Å². The Morgan fingerprint density at radius 3 is 2.72 bits per heavy atom. The highest BCUT2D eigenvalue weighted by Crippen LogP contribution is 2.24. The van der Waals surface area contributed by atoms with Crippen LogP contribution in [0.25, 0.3) is 0 Å². The van der Waals surface area contributed by atoms with Crippen molar-refractivity contribution in [2.45, 2.75) is 25.4 Å². The predicted molar refractivity (Wildman–Crippen MR) is 114 cm³/mol. The number of fused-ring (bicyclic) bond motifs is 3. The zero-order valence-corrected chi connectivity index (χ0v) is 17.9. The minimum atomic E-state index is 0.496. The number of morpholine rings is 1. The molecule has 0 spiro atoms. The van der Waals surface area contributed by atoms with E-state index in [1.807, 2.05) is 0 Å². The zero-order chi connectivity index (χ0) is 19.9. The molecule has 0 radical (unpaired) electrons. The summed E-state index contributed by atoms with van der Waals surface area (Å²) in [6.07, 6.45) is 2.28. The molecule has 3 aliphatic rings. The maximum absolute atomic E-state index is 6.21. The van der Waals surface area contributed by atoms with Crippen LogP contribution in [0, 0.1) is 5.92 Å². The smallest absolute Gasteiger partial charge is 0.123 e. The topological polar surface area (TPSA) is 37.4 Å². The molecule has 1 aromatic carbocycles. The lowest BCUT2D eigenvalue weighted by Crippen LogP contribution is -2.41. The van der Waals surface area contributed by atoms with Gasteiger partial charge in [0.1, 0.15) is 5.75 Å². The van der Waals surface area contributed by atoms with Crippen LogP contribution in [0.1, 0.15) is 18.4 Å². The van der Waals surface area contributed by atoms with Crippen molar-refractivity contribution in [3.63, 3.8) is 0 Å². The summed E-state index contributed by atoms with van der Waals surface area (Å²) in [6.45, 7) is 11.9. The number of likely N-dealkylation sites (N-methyl/N-ethyl adjacent to an activating group) is 1. The Balaban J connectivity index is 1.25. The van der Waals surface area contributed by atoms with Gasteiger partial charge in [0.25, 0.3) is 0 Å². The van der Waals surface area contributed by atoms with Crippen molar-refractivity contribution in [3.8, 4) is 5.75 Å². The quantitative estimate of drug-likeness (QED) is 0.618. The van der Waals surface area contributed by atoms with E-state index in [9.17, 15) is 0 Å². The fourth-order valence-electron chi connectivity index (χ4n) is 4.74. The van der Waals surface area contributed by atoms with Gasteiger partial charge >= 0.3 is 0 Å². The first-order valence-corrected chi connectivity index (χ1v) is 11.3. The monoisotopic (exact) mass is 403 g/mol.